The molecule has 1 unspecified atom stereocenters. The van der Waals surface area contributed by atoms with E-state index in [1.807, 2.05) is 47.3 Å². The molecule has 0 radical (unpaired) electrons. The summed E-state index contributed by atoms with van der Waals surface area (Å²) in [4.78, 5) is 14.0. The Bertz CT molecular complexity index is 371. The molecular weight excluding hydrogens is 354 g/mol. The fourth-order valence-corrected chi connectivity index (χ4v) is 5.86. The minimum Gasteiger partial charge on any atom is -0.504 e. The molecule has 0 aromatic carbocycles. The lowest BCUT2D eigenvalue weighted by Crippen LogP contribution is -2.48. The first-order chi connectivity index (χ1) is 11.6. The van der Waals surface area contributed by atoms with Crippen LogP contribution in [0.15, 0.2) is 0 Å². The largest absolute Gasteiger partial charge is 0.504 e. The number of carbonyl (C=O) groups is 1. The van der Waals surface area contributed by atoms with Crippen LogP contribution in [0.2, 0.25) is 25.7 Å². The maximum absolute atomic E-state index is 12.3. The second kappa shape index (κ2) is 12.1. The summed E-state index contributed by atoms with van der Waals surface area (Å²) in [6.45, 7) is 18.5. The van der Waals surface area contributed by atoms with Gasteiger partial charge in [-0.1, -0.05) is 6.92 Å². The zero-order valence-electron chi connectivity index (χ0n) is 17.5. The number of carbonyl (C=O) groups excluding carboxylic acids is 1. The maximum Gasteiger partial charge on any atom is 0.501 e. The van der Waals surface area contributed by atoms with Gasteiger partial charge in [-0.2, -0.15) is 0 Å². The number of hydrogen-bond donors (Lipinski definition) is 0. The Morgan fingerprint density at radius 1 is 1.04 bits per heavy atom. The summed E-state index contributed by atoms with van der Waals surface area (Å²) >= 11 is 0. The van der Waals surface area contributed by atoms with Crippen molar-refractivity contribution in [3.8, 4) is 0 Å². The van der Waals surface area contributed by atoms with Gasteiger partial charge in [0.25, 0.3) is 0 Å². The smallest absolute Gasteiger partial charge is 0.501 e. The van der Waals surface area contributed by atoms with Gasteiger partial charge in [-0.15, -0.1) is 0 Å². The van der Waals surface area contributed by atoms with E-state index in [1.165, 1.54) is 0 Å². The topological polar surface area (TPSA) is 57.2 Å². The summed E-state index contributed by atoms with van der Waals surface area (Å²) < 4.78 is 23.7. The van der Waals surface area contributed by atoms with Crippen LogP contribution in [0.1, 0.15) is 47.5 Å². The Hall–Kier alpha value is -0.416. The van der Waals surface area contributed by atoms with Crippen molar-refractivity contribution >= 4 is 23.2 Å². The standard InChI is InChI=1S/C17H39NO5Si2/c1-9-16(5)22-25(20-11-3,21-12-4)15-13-14-18(10-2)17(19)23-24(6,7)8/h16H,9-15H2,1-8H3. The molecule has 0 saturated heterocycles. The van der Waals surface area contributed by atoms with Crippen molar-refractivity contribution in [2.75, 3.05) is 26.3 Å². The predicted octanol–water partition coefficient (Wildman–Crippen LogP) is 4.50. The van der Waals surface area contributed by atoms with Gasteiger partial charge < -0.3 is 22.6 Å². The molecular formula is C17H39NO5Si2. The first kappa shape index (κ1) is 24.6. The Kier molecular flexibility index (Phi) is 11.9. The molecule has 0 bridgehead atoms. The molecule has 0 aromatic heterocycles. The van der Waals surface area contributed by atoms with Gasteiger partial charge in [-0.05, 0) is 60.2 Å². The van der Waals surface area contributed by atoms with Crippen molar-refractivity contribution < 1.29 is 22.5 Å². The summed E-state index contributed by atoms with van der Waals surface area (Å²) in [6, 6.07) is 0.704. The third-order valence-electron chi connectivity index (χ3n) is 3.63. The molecule has 0 fully saturated rings. The minimum absolute atomic E-state index is 0.101. The molecule has 0 saturated carbocycles. The summed E-state index contributed by atoms with van der Waals surface area (Å²) in [7, 11) is -4.59. The molecule has 25 heavy (non-hydrogen) atoms. The van der Waals surface area contributed by atoms with Crippen molar-refractivity contribution in [2.24, 2.45) is 0 Å². The van der Waals surface area contributed by atoms with E-state index in [0.717, 1.165) is 12.8 Å². The average molecular weight is 394 g/mol. The van der Waals surface area contributed by atoms with Crippen molar-refractivity contribution in [3.05, 3.63) is 0 Å². The number of hydrogen-bond acceptors (Lipinski definition) is 5. The van der Waals surface area contributed by atoms with E-state index in [4.69, 9.17) is 17.7 Å². The van der Waals surface area contributed by atoms with Gasteiger partial charge in [0.2, 0.25) is 8.32 Å². The van der Waals surface area contributed by atoms with E-state index in [0.29, 0.717) is 32.3 Å². The normalized spacial score (nSPS) is 13.6. The van der Waals surface area contributed by atoms with Gasteiger partial charge in [0, 0.05) is 38.5 Å². The highest BCUT2D eigenvalue weighted by molar-refractivity contribution is 6.71. The SMILES string of the molecule is CCO[Si](CCCN(CC)C(=O)O[Si](C)(C)C)(OCC)OC(C)CC. The maximum atomic E-state index is 12.3. The summed E-state index contributed by atoms with van der Waals surface area (Å²) in [6.07, 6.45) is 1.57. The molecule has 0 aliphatic rings. The van der Waals surface area contributed by atoms with Crippen molar-refractivity contribution in [1.82, 2.24) is 4.90 Å². The monoisotopic (exact) mass is 393 g/mol. The Labute approximate surface area is 156 Å². The zero-order chi connectivity index (χ0) is 19.5. The first-order valence-corrected chi connectivity index (χ1v) is 14.9. The van der Waals surface area contributed by atoms with Crippen LogP contribution in [0.3, 0.4) is 0 Å². The summed E-state index contributed by atoms with van der Waals surface area (Å²) in [5.41, 5.74) is 0. The number of rotatable bonds is 13. The third-order valence-corrected chi connectivity index (χ3v) is 7.60. The number of amides is 1. The van der Waals surface area contributed by atoms with Crippen LogP contribution >= 0.6 is 0 Å². The highest BCUT2D eigenvalue weighted by Gasteiger charge is 2.41. The van der Waals surface area contributed by atoms with Crippen molar-refractivity contribution in [1.29, 1.82) is 0 Å². The highest BCUT2D eigenvalue weighted by Crippen LogP contribution is 2.21. The predicted molar refractivity (Wildman–Crippen MR) is 106 cm³/mol. The second-order valence-corrected chi connectivity index (χ2v) is 14.2. The van der Waals surface area contributed by atoms with Crippen LogP contribution in [0.25, 0.3) is 0 Å². The lowest BCUT2D eigenvalue weighted by Gasteiger charge is -2.32. The average Bonchev–Trinajstić information content (AvgIpc) is 2.50. The van der Waals surface area contributed by atoms with E-state index in [1.54, 1.807) is 4.90 Å². The Morgan fingerprint density at radius 2 is 1.60 bits per heavy atom. The molecule has 8 heteroatoms. The van der Waals surface area contributed by atoms with Gasteiger partial charge in [0.05, 0.1) is 0 Å². The molecule has 0 N–H and O–H groups in total. The molecule has 6 nitrogen and oxygen atoms in total. The molecule has 0 aliphatic heterocycles. The molecule has 0 aromatic rings. The van der Waals surface area contributed by atoms with Crippen LogP contribution in [-0.2, 0) is 17.7 Å². The van der Waals surface area contributed by atoms with Gasteiger partial charge in [-0.3, -0.25) is 0 Å². The molecule has 0 rings (SSSR count). The molecule has 0 heterocycles. The van der Waals surface area contributed by atoms with Gasteiger partial charge in [0.15, 0.2) is 0 Å². The fraction of sp³-hybridized carbons (Fsp3) is 0.941. The van der Waals surface area contributed by atoms with E-state index in [-0.39, 0.29) is 12.2 Å². The van der Waals surface area contributed by atoms with Crippen molar-refractivity contribution in [2.45, 2.75) is 79.2 Å². The van der Waals surface area contributed by atoms with E-state index < -0.39 is 17.1 Å². The van der Waals surface area contributed by atoms with E-state index in [2.05, 4.69) is 6.92 Å². The van der Waals surface area contributed by atoms with Crippen LogP contribution in [0.5, 0.6) is 0 Å². The summed E-state index contributed by atoms with van der Waals surface area (Å²) in [5.74, 6) is 0. The molecule has 150 valence electrons. The third kappa shape index (κ3) is 10.3. The zero-order valence-corrected chi connectivity index (χ0v) is 19.5. The minimum atomic E-state index is -2.71. The summed E-state index contributed by atoms with van der Waals surface area (Å²) in [5, 5.41) is 0. The van der Waals surface area contributed by atoms with Crippen LogP contribution in [0, 0.1) is 0 Å². The van der Waals surface area contributed by atoms with E-state index in [9.17, 15) is 4.79 Å². The lowest BCUT2D eigenvalue weighted by molar-refractivity contribution is 0.0361. The van der Waals surface area contributed by atoms with Crippen LogP contribution in [-0.4, -0.2) is 60.5 Å². The van der Waals surface area contributed by atoms with Gasteiger partial charge >= 0.3 is 14.9 Å². The van der Waals surface area contributed by atoms with Crippen LogP contribution < -0.4 is 0 Å². The van der Waals surface area contributed by atoms with Crippen LogP contribution in [0.4, 0.5) is 4.79 Å². The van der Waals surface area contributed by atoms with E-state index >= 15 is 0 Å². The number of nitrogens with zero attached hydrogens (tertiary/aromatic N) is 1. The molecule has 1 atom stereocenters. The quantitative estimate of drug-likeness (QED) is 0.431. The lowest BCUT2D eigenvalue weighted by atomic mass is 10.3. The second-order valence-electron chi connectivity index (χ2n) is 7.05. The molecule has 0 spiro atoms. The Morgan fingerprint density at radius 3 is 2.00 bits per heavy atom. The Balaban J connectivity index is 4.81. The van der Waals surface area contributed by atoms with Gasteiger partial charge in [0.1, 0.15) is 0 Å². The first-order valence-electron chi connectivity index (χ1n) is 9.56. The van der Waals surface area contributed by atoms with Gasteiger partial charge in [-0.25, -0.2) is 4.79 Å². The fourth-order valence-electron chi connectivity index (χ4n) is 2.33. The molecule has 1 amide bonds. The molecule has 0 aliphatic carbocycles. The highest BCUT2D eigenvalue weighted by atomic mass is 28.4. The van der Waals surface area contributed by atoms with Crippen molar-refractivity contribution in [3.63, 3.8) is 0 Å².